The lowest BCUT2D eigenvalue weighted by Crippen LogP contribution is -2.39. The van der Waals surface area contributed by atoms with E-state index < -0.39 is 0 Å². The molecule has 0 unspecified atom stereocenters. The molecule has 2 fully saturated rings. The summed E-state index contributed by atoms with van der Waals surface area (Å²) in [6.07, 6.45) is 3.41. The van der Waals surface area contributed by atoms with Crippen LogP contribution in [0.2, 0.25) is 0 Å². The molecule has 0 spiro atoms. The Morgan fingerprint density at radius 1 is 1.19 bits per heavy atom. The Morgan fingerprint density at radius 2 is 1.86 bits per heavy atom. The Balaban J connectivity index is 1.86. The third kappa shape index (κ3) is 1.73. The highest BCUT2D eigenvalue weighted by atomic mass is 16.5. The Morgan fingerprint density at radius 3 is 2.43 bits per heavy atom. The molecule has 3 atom stereocenters. The number of hydrogen-bond donors (Lipinski definition) is 0. The molecule has 112 valence electrons. The highest BCUT2D eigenvalue weighted by Gasteiger charge is 2.70. The largest absolute Gasteiger partial charge is 0.458 e. The SMILES string of the molecule is CC1(C)[C@]2(C=O)CC[C@]1(C)[C@@H](OC(=O)c1ccccc1)C2. The fourth-order valence-electron chi connectivity index (χ4n) is 4.35. The van der Waals surface area contributed by atoms with Crippen LogP contribution in [-0.4, -0.2) is 18.4 Å². The number of carbonyl (C=O) groups is 2. The first kappa shape index (κ1) is 14.3. The minimum absolute atomic E-state index is 0.127. The van der Waals surface area contributed by atoms with Gasteiger partial charge in [0.25, 0.3) is 0 Å². The third-order valence-electron chi connectivity index (χ3n) is 6.51. The summed E-state index contributed by atoms with van der Waals surface area (Å²) in [5.74, 6) is -0.286. The van der Waals surface area contributed by atoms with Crippen molar-refractivity contribution in [2.45, 2.75) is 46.1 Å². The van der Waals surface area contributed by atoms with E-state index in [1.165, 1.54) is 0 Å². The third-order valence-corrected chi connectivity index (χ3v) is 6.51. The summed E-state index contributed by atoms with van der Waals surface area (Å²) in [7, 11) is 0. The molecule has 2 bridgehead atoms. The van der Waals surface area contributed by atoms with E-state index in [0.29, 0.717) is 12.0 Å². The van der Waals surface area contributed by atoms with Gasteiger partial charge in [0.15, 0.2) is 0 Å². The summed E-state index contributed by atoms with van der Waals surface area (Å²) in [6.45, 7) is 6.45. The molecule has 0 N–H and O–H groups in total. The molecule has 0 aromatic heterocycles. The second-order valence-corrected chi connectivity index (χ2v) is 7.28. The Bertz CT molecular complexity index is 577. The van der Waals surface area contributed by atoms with Crippen LogP contribution in [0.3, 0.4) is 0 Å². The van der Waals surface area contributed by atoms with Crippen LogP contribution >= 0.6 is 0 Å². The standard InChI is InChI=1S/C18H22O3/c1-16(2)17(3)9-10-18(16,12-19)11-14(17)21-15(20)13-7-5-4-6-8-13/h4-8,12,14H,9-11H2,1-3H3/t14-,17+,18+/m0/s1. The van der Waals surface area contributed by atoms with Crippen LogP contribution in [0.25, 0.3) is 0 Å². The maximum Gasteiger partial charge on any atom is 0.338 e. The number of benzene rings is 1. The highest BCUT2D eigenvalue weighted by Crippen LogP contribution is 2.71. The summed E-state index contributed by atoms with van der Waals surface area (Å²) in [5.41, 5.74) is -0.0349. The van der Waals surface area contributed by atoms with Crippen molar-refractivity contribution in [2.24, 2.45) is 16.2 Å². The molecule has 3 nitrogen and oxygen atoms in total. The quantitative estimate of drug-likeness (QED) is 0.629. The molecule has 21 heavy (non-hydrogen) atoms. The predicted octanol–water partition coefficient (Wildman–Crippen LogP) is 3.63. The zero-order valence-corrected chi connectivity index (χ0v) is 12.9. The lowest BCUT2D eigenvalue weighted by molar-refractivity contribution is -0.120. The van der Waals surface area contributed by atoms with Gasteiger partial charge in [0.2, 0.25) is 0 Å². The number of hydrogen-bond acceptors (Lipinski definition) is 3. The number of fused-ring (bicyclic) bond motifs is 2. The first-order valence-electron chi connectivity index (χ1n) is 7.59. The summed E-state index contributed by atoms with van der Waals surface area (Å²) >= 11 is 0. The van der Waals surface area contributed by atoms with Crippen LogP contribution < -0.4 is 0 Å². The zero-order chi connectivity index (χ0) is 15.3. The monoisotopic (exact) mass is 286 g/mol. The van der Waals surface area contributed by atoms with Gasteiger partial charge in [-0.25, -0.2) is 4.79 Å². The van der Waals surface area contributed by atoms with Crippen LogP contribution in [0.4, 0.5) is 0 Å². The fourth-order valence-corrected chi connectivity index (χ4v) is 4.35. The predicted molar refractivity (Wildman–Crippen MR) is 79.9 cm³/mol. The molecule has 1 aromatic rings. The normalized spacial score (nSPS) is 36.4. The molecule has 0 saturated heterocycles. The number of rotatable bonds is 3. The average Bonchev–Trinajstić information content (AvgIpc) is 2.78. The molecule has 3 heteroatoms. The van der Waals surface area contributed by atoms with Crippen LogP contribution in [0.15, 0.2) is 30.3 Å². The van der Waals surface area contributed by atoms with Gasteiger partial charge >= 0.3 is 5.97 Å². The van der Waals surface area contributed by atoms with Crippen molar-refractivity contribution >= 4 is 12.3 Å². The Hall–Kier alpha value is -1.64. The summed E-state index contributed by atoms with van der Waals surface area (Å²) in [6, 6.07) is 9.06. The molecule has 2 aliphatic rings. The summed E-state index contributed by atoms with van der Waals surface area (Å²) < 4.78 is 5.80. The van der Waals surface area contributed by atoms with Gasteiger partial charge in [-0.3, -0.25) is 0 Å². The van der Waals surface area contributed by atoms with Crippen molar-refractivity contribution < 1.29 is 14.3 Å². The topological polar surface area (TPSA) is 43.4 Å². The van der Waals surface area contributed by atoms with Crippen LogP contribution in [0.1, 0.15) is 50.4 Å². The van der Waals surface area contributed by atoms with E-state index in [2.05, 4.69) is 20.8 Å². The van der Waals surface area contributed by atoms with E-state index in [4.69, 9.17) is 4.74 Å². The molecule has 2 saturated carbocycles. The molecule has 2 aliphatic carbocycles. The van der Waals surface area contributed by atoms with E-state index in [9.17, 15) is 9.59 Å². The molecule has 0 aliphatic heterocycles. The number of aldehydes is 1. The zero-order valence-electron chi connectivity index (χ0n) is 12.9. The first-order chi connectivity index (χ1) is 9.86. The Labute approximate surface area is 125 Å². The minimum atomic E-state index is -0.344. The molecular formula is C18H22O3. The lowest BCUT2D eigenvalue weighted by Gasteiger charge is -2.39. The summed E-state index contributed by atoms with van der Waals surface area (Å²) in [5, 5.41) is 0. The lowest BCUT2D eigenvalue weighted by atomic mass is 9.65. The fraction of sp³-hybridized carbons (Fsp3) is 0.556. The molecule has 0 amide bonds. The summed E-state index contributed by atoms with van der Waals surface area (Å²) in [4.78, 5) is 24.0. The van der Waals surface area contributed by atoms with Gasteiger partial charge in [-0.1, -0.05) is 39.0 Å². The van der Waals surface area contributed by atoms with Crippen molar-refractivity contribution in [1.29, 1.82) is 0 Å². The molecule has 0 radical (unpaired) electrons. The maximum absolute atomic E-state index is 12.3. The van der Waals surface area contributed by atoms with Gasteiger partial charge in [-0.15, -0.1) is 0 Å². The van der Waals surface area contributed by atoms with Crippen molar-refractivity contribution in [3.8, 4) is 0 Å². The average molecular weight is 286 g/mol. The molecular weight excluding hydrogens is 264 g/mol. The van der Waals surface area contributed by atoms with Crippen LogP contribution in [-0.2, 0) is 9.53 Å². The van der Waals surface area contributed by atoms with E-state index in [0.717, 1.165) is 19.1 Å². The van der Waals surface area contributed by atoms with E-state index in [1.807, 2.05) is 18.2 Å². The highest BCUT2D eigenvalue weighted by molar-refractivity contribution is 5.89. The smallest absolute Gasteiger partial charge is 0.338 e. The van der Waals surface area contributed by atoms with Crippen molar-refractivity contribution in [1.82, 2.24) is 0 Å². The molecule has 3 rings (SSSR count). The van der Waals surface area contributed by atoms with Gasteiger partial charge < -0.3 is 9.53 Å². The second-order valence-electron chi connectivity index (χ2n) is 7.28. The number of esters is 1. The van der Waals surface area contributed by atoms with E-state index >= 15 is 0 Å². The Kier molecular flexibility index (Phi) is 3.01. The van der Waals surface area contributed by atoms with E-state index in [-0.39, 0.29) is 28.3 Å². The molecule has 0 heterocycles. The number of carbonyl (C=O) groups excluding carboxylic acids is 2. The maximum atomic E-state index is 12.3. The van der Waals surface area contributed by atoms with Gasteiger partial charge in [0.05, 0.1) is 5.56 Å². The van der Waals surface area contributed by atoms with Gasteiger partial charge in [0.1, 0.15) is 12.4 Å². The minimum Gasteiger partial charge on any atom is -0.458 e. The molecule has 1 aromatic carbocycles. The van der Waals surface area contributed by atoms with Gasteiger partial charge in [-0.2, -0.15) is 0 Å². The first-order valence-corrected chi connectivity index (χ1v) is 7.59. The second kappa shape index (κ2) is 4.43. The van der Waals surface area contributed by atoms with Gasteiger partial charge in [0, 0.05) is 10.8 Å². The van der Waals surface area contributed by atoms with Gasteiger partial charge in [-0.05, 0) is 36.8 Å². The van der Waals surface area contributed by atoms with Crippen molar-refractivity contribution in [3.63, 3.8) is 0 Å². The van der Waals surface area contributed by atoms with Crippen LogP contribution in [0, 0.1) is 16.2 Å². The van der Waals surface area contributed by atoms with Crippen molar-refractivity contribution in [2.75, 3.05) is 0 Å². The van der Waals surface area contributed by atoms with Crippen LogP contribution in [0.5, 0.6) is 0 Å². The van der Waals surface area contributed by atoms with Crippen molar-refractivity contribution in [3.05, 3.63) is 35.9 Å². The van der Waals surface area contributed by atoms with E-state index in [1.54, 1.807) is 12.1 Å². The number of ether oxygens (including phenoxy) is 1.